The summed E-state index contributed by atoms with van der Waals surface area (Å²) in [5.74, 6) is 0.155. The maximum absolute atomic E-state index is 10.7. The molecule has 2 rings (SSSR count). The van der Waals surface area contributed by atoms with Crippen molar-refractivity contribution in [3.05, 3.63) is 53.2 Å². The number of nitrogens with zero attached hydrogens (tertiary/aromatic N) is 1. The van der Waals surface area contributed by atoms with Crippen molar-refractivity contribution >= 4 is 18.1 Å². The van der Waals surface area contributed by atoms with Crippen molar-refractivity contribution in [2.24, 2.45) is 0 Å². The van der Waals surface area contributed by atoms with Crippen LogP contribution in [-0.4, -0.2) is 11.0 Å². The summed E-state index contributed by atoms with van der Waals surface area (Å²) in [4.78, 5) is 14.9. The predicted molar refractivity (Wildman–Crippen MR) is 72.1 cm³/mol. The van der Waals surface area contributed by atoms with E-state index in [1.165, 1.54) is 18.8 Å². The van der Waals surface area contributed by atoms with Gasteiger partial charge in [0, 0.05) is 13.0 Å². The number of aryl methyl sites for hydroxylation is 1. The molecule has 0 radical (unpaired) electrons. The average Bonchev–Trinajstić information content (AvgIpc) is 2.84. The lowest BCUT2D eigenvalue weighted by Crippen LogP contribution is -1.98. The molecule has 19 heavy (non-hydrogen) atoms. The van der Waals surface area contributed by atoms with E-state index in [1.54, 1.807) is 6.08 Å². The second kappa shape index (κ2) is 6.00. The summed E-state index contributed by atoms with van der Waals surface area (Å²) in [6.45, 7) is 3.54. The zero-order chi connectivity index (χ0) is 13.7. The second-order valence-electron chi connectivity index (χ2n) is 4.20. The first-order valence-corrected chi connectivity index (χ1v) is 5.96. The molecule has 4 heteroatoms. The van der Waals surface area contributed by atoms with E-state index in [2.05, 4.69) is 4.98 Å². The number of carbonyl (C=O) groups is 1. The lowest BCUT2D eigenvalue weighted by molar-refractivity contribution is -0.142. The number of rotatable bonds is 4. The molecule has 98 valence electrons. The summed E-state index contributed by atoms with van der Waals surface area (Å²) in [6.07, 6.45) is 5.18. The van der Waals surface area contributed by atoms with Gasteiger partial charge in [-0.3, -0.25) is 4.79 Å². The van der Waals surface area contributed by atoms with Crippen molar-refractivity contribution in [2.75, 3.05) is 0 Å². The van der Waals surface area contributed by atoms with Gasteiger partial charge in [-0.05, 0) is 18.6 Å². The molecule has 0 atom stereocenters. The van der Waals surface area contributed by atoms with Crippen LogP contribution in [0.15, 0.2) is 34.9 Å². The SMILES string of the molecule is CC(=O)OCc1coc(/C=C/c2ccc(C)cc2)n1. The third kappa shape index (κ3) is 4.10. The summed E-state index contributed by atoms with van der Waals surface area (Å²) < 4.78 is 10.1. The van der Waals surface area contributed by atoms with Crippen LogP contribution in [0.4, 0.5) is 0 Å². The lowest BCUT2D eigenvalue weighted by Gasteiger charge is -1.95. The van der Waals surface area contributed by atoms with E-state index in [1.807, 2.05) is 37.3 Å². The van der Waals surface area contributed by atoms with E-state index >= 15 is 0 Å². The van der Waals surface area contributed by atoms with Crippen LogP contribution in [0, 0.1) is 6.92 Å². The van der Waals surface area contributed by atoms with Gasteiger partial charge >= 0.3 is 5.97 Å². The molecule has 0 saturated carbocycles. The van der Waals surface area contributed by atoms with Crippen molar-refractivity contribution in [3.63, 3.8) is 0 Å². The Morgan fingerprint density at radius 3 is 2.74 bits per heavy atom. The molecule has 0 aliphatic rings. The highest BCUT2D eigenvalue weighted by Gasteiger charge is 2.02. The van der Waals surface area contributed by atoms with Gasteiger partial charge in [-0.25, -0.2) is 4.98 Å². The third-order valence-corrected chi connectivity index (χ3v) is 2.49. The summed E-state index contributed by atoms with van der Waals surface area (Å²) in [5.41, 5.74) is 2.89. The van der Waals surface area contributed by atoms with Gasteiger partial charge in [-0.1, -0.05) is 29.8 Å². The Hall–Kier alpha value is -2.36. The van der Waals surface area contributed by atoms with Crippen LogP contribution in [0.3, 0.4) is 0 Å². The first-order chi connectivity index (χ1) is 9.13. The minimum absolute atomic E-state index is 0.136. The Morgan fingerprint density at radius 1 is 1.32 bits per heavy atom. The van der Waals surface area contributed by atoms with E-state index in [9.17, 15) is 4.79 Å². The van der Waals surface area contributed by atoms with Crippen LogP contribution in [0.1, 0.15) is 29.6 Å². The largest absolute Gasteiger partial charge is 0.459 e. The number of aromatic nitrogens is 1. The van der Waals surface area contributed by atoms with E-state index in [0.29, 0.717) is 11.6 Å². The second-order valence-corrected chi connectivity index (χ2v) is 4.20. The fourth-order valence-electron chi connectivity index (χ4n) is 1.49. The van der Waals surface area contributed by atoms with Gasteiger partial charge in [0.15, 0.2) is 0 Å². The Bertz CT molecular complexity index is 582. The minimum atomic E-state index is -0.334. The zero-order valence-electron chi connectivity index (χ0n) is 10.9. The molecular weight excluding hydrogens is 242 g/mol. The van der Waals surface area contributed by atoms with Crippen LogP contribution < -0.4 is 0 Å². The number of oxazole rings is 1. The van der Waals surface area contributed by atoms with Gasteiger partial charge in [0.25, 0.3) is 0 Å². The summed E-state index contributed by atoms with van der Waals surface area (Å²) in [6, 6.07) is 8.13. The van der Waals surface area contributed by atoms with Crippen molar-refractivity contribution in [3.8, 4) is 0 Å². The van der Waals surface area contributed by atoms with Crippen LogP contribution >= 0.6 is 0 Å². The molecule has 0 bridgehead atoms. The smallest absolute Gasteiger partial charge is 0.303 e. The molecule has 1 aromatic heterocycles. The maximum atomic E-state index is 10.7. The number of carbonyl (C=O) groups excluding carboxylic acids is 1. The van der Waals surface area contributed by atoms with E-state index in [-0.39, 0.29) is 12.6 Å². The molecule has 0 aliphatic heterocycles. The zero-order valence-corrected chi connectivity index (χ0v) is 10.9. The highest BCUT2D eigenvalue weighted by Crippen LogP contribution is 2.10. The van der Waals surface area contributed by atoms with Crippen LogP contribution in [0.5, 0.6) is 0 Å². The fraction of sp³-hybridized carbons (Fsp3) is 0.200. The first kappa shape index (κ1) is 13.1. The van der Waals surface area contributed by atoms with Gasteiger partial charge in [0.1, 0.15) is 18.6 Å². The molecule has 0 N–H and O–H groups in total. The van der Waals surface area contributed by atoms with Crippen molar-refractivity contribution in [2.45, 2.75) is 20.5 Å². The Kier molecular flexibility index (Phi) is 4.13. The van der Waals surface area contributed by atoms with Gasteiger partial charge in [0.05, 0.1) is 0 Å². The molecule has 0 spiro atoms. The number of benzene rings is 1. The summed E-state index contributed by atoms with van der Waals surface area (Å²) in [7, 11) is 0. The maximum Gasteiger partial charge on any atom is 0.303 e. The Balaban J connectivity index is 1.99. The topological polar surface area (TPSA) is 52.3 Å². The molecule has 0 aliphatic carbocycles. The molecule has 0 saturated heterocycles. The van der Waals surface area contributed by atoms with Gasteiger partial charge in [-0.15, -0.1) is 0 Å². The molecule has 0 unspecified atom stereocenters. The molecule has 4 nitrogen and oxygen atoms in total. The van der Waals surface area contributed by atoms with Gasteiger partial charge in [-0.2, -0.15) is 0 Å². The van der Waals surface area contributed by atoms with Gasteiger partial charge < -0.3 is 9.15 Å². The number of hydrogen-bond donors (Lipinski definition) is 0. The highest BCUT2D eigenvalue weighted by atomic mass is 16.5. The van der Waals surface area contributed by atoms with Crippen molar-refractivity contribution in [1.29, 1.82) is 0 Å². The van der Waals surface area contributed by atoms with Crippen LogP contribution in [-0.2, 0) is 16.1 Å². The van der Waals surface area contributed by atoms with Gasteiger partial charge in [0.2, 0.25) is 5.89 Å². The van der Waals surface area contributed by atoms with E-state index in [4.69, 9.17) is 9.15 Å². The summed E-state index contributed by atoms with van der Waals surface area (Å²) in [5, 5.41) is 0. The van der Waals surface area contributed by atoms with Crippen molar-refractivity contribution in [1.82, 2.24) is 4.98 Å². The monoisotopic (exact) mass is 257 g/mol. The number of ether oxygens (including phenoxy) is 1. The van der Waals surface area contributed by atoms with E-state index in [0.717, 1.165) is 5.56 Å². The molecule has 2 aromatic rings. The molecule has 0 amide bonds. The van der Waals surface area contributed by atoms with Crippen molar-refractivity contribution < 1.29 is 13.9 Å². The quantitative estimate of drug-likeness (QED) is 0.789. The average molecular weight is 257 g/mol. The standard InChI is InChI=1S/C15H15NO3/c1-11-3-5-13(6-4-11)7-8-15-16-14(10-19-15)9-18-12(2)17/h3-8,10H,9H2,1-2H3/b8-7+. The van der Waals surface area contributed by atoms with Crippen LogP contribution in [0.25, 0.3) is 12.2 Å². The molecular formula is C15H15NO3. The number of hydrogen-bond acceptors (Lipinski definition) is 4. The fourth-order valence-corrected chi connectivity index (χ4v) is 1.49. The lowest BCUT2D eigenvalue weighted by atomic mass is 10.1. The highest BCUT2D eigenvalue weighted by molar-refractivity contribution is 5.66. The van der Waals surface area contributed by atoms with E-state index < -0.39 is 0 Å². The van der Waals surface area contributed by atoms with Crippen LogP contribution in [0.2, 0.25) is 0 Å². The normalized spacial score (nSPS) is 10.8. The Labute approximate surface area is 111 Å². The predicted octanol–water partition coefficient (Wildman–Crippen LogP) is 3.22. The summed E-state index contributed by atoms with van der Waals surface area (Å²) >= 11 is 0. The Morgan fingerprint density at radius 2 is 2.05 bits per heavy atom. The molecule has 0 fully saturated rings. The number of esters is 1. The molecule has 1 aromatic carbocycles. The first-order valence-electron chi connectivity index (χ1n) is 5.96. The molecule has 1 heterocycles. The third-order valence-electron chi connectivity index (χ3n) is 2.49. The minimum Gasteiger partial charge on any atom is -0.459 e.